The molecule has 1 heterocycles. The second-order valence-electron chi connectivity index (χ2n) is 5.02. The molecule has 7 heteroatoms. The number of carbonyl (C=O) groups excluding carboxylic acids is 1. The lowest BCUT2D eigenvalue weighted by Gasteiger charge is -2.31. The fourth-order valence-electron chi connectivity index (χ4n) is 2.44. The van der Waals surface area contributed by atoms with E-state index in [1.165, 1.54) is 0 Å². The van der Waals surface area contributed by atoms with Crippen LogP contribution in [0.4, 0.5) is 13.2 Å². The van der Waals surface area contributed by atoms with Crippen LogP contribution < -0.4 is 0 Å². The maximum absolute atomic E-state index is 12.9. The molecule has 0 aromatic carbocycles. The molecule has 1 atom stereocenters. The summed E-state index contributed by atoms with van der Waals surface area (Å²) < 4.78 is 38.6. The largest absolute Gasteiger partial charge is 0.481 e. The van der Waals surface area contributed by atoms with Crippen LogP contribution in [0.1, 0.15) is 25.7 Å². The van der Waals surface area contributed by atoms with Crippen LogP contribution in [-0.2, 0) is 9.59 Å². The number of aliphatic carboxylic acids is 1. The number of hydrogen-bond acceptors (Lipinski definition) is 2. The van der Waals surface area contributed by atoms with Gasteiger partial charge in [0.05, 0.1) is 0 Å². The van der Waals surface area contributed by atoms with Crippen LogP contribution in [-0.4, -0.2) is 41.1 Å². The number of nitrogens with zero attached hydrogens (tertiary/aromatic N) is 1. The quantitative estimate of drug-likeness (QED) is 0.826. The number of halogens is 3. The number of hydrogen-bond donors (Lipinski definition) is 1. The number of carboxylic acid groups (broad SMARTS) is 1. The summed E-state index contributed by atoms with van der Waals surface area (Å²) in [4.78, 5) is 23.8. The van der Waals surface area contributed by atoms with Gasteiger partial charge in [0.2, 0.25) is 5.91 Å². The van der Waals surface area contributed by atoms with Gasteiger partial charge >= 0.3 is 12.1 Å². The average molecular weight is 265 g/mol. The van der Waals surface area contributed by atoms with E-state index in [2.05, 4.69) is 0 Å². The van der Waals surface area contributed by atoms with E-state index in [1.807, 2.05) is 0 Å². The molecular weight excluding hydrogens is 251 g/mol. The second kappa shape index (κ2) is 4.13. The Hall–Kier alpha value is -1.27. The predicted octanol–water partition coefficient (Wildman–Crippen LogP) is 1.65. The standard InChI is InChI=1S/C11H14F3NO3/c12-11(13,14)10(9(17)18)4-5-15(6-10)8(16)7-2-1-3-7/h7H,1-6H2,(H,17,18). The first-order valence-electron chi connectivity index (χ1n) is 5.87. The lowest BCUT2D eigenvalue weighted by molar-refractivity contribution is -0.227. The number of carbonyl (C=O) groups is 2. The molecular formula is C11H14F3NO3. The SMILES string of the molecule is O=C(C1CCC1)N1CCC(C(=O)O)(C(F)(F)F)C1. The fraction of sp³-hybridized carbons (Fsp3) is 0.818. The van der Waals surface area contributed by atoms with E-state index in [0.717, 1.165) is 11.3 Å². The maximum Gasteiger partial charge on any atom is 0.406 e. The molecule has 0 aromatic heterocycles. The van der Waals surface area contributed by atoms with Gasteiger partial charge in [0.25, 0.3) is 0 Å². The van der Waals surface area contributed by atoms with Crippen LogP contribution in [0, 0.1) is 11.3 Å². The number of amides is 1. The minimum Gasteiger partial charge on any atom is -0.481 e. The van der Waals surface area contributed by atoms with Crippen molar-refractivity contribution in [1.82, 2.24) is 4.90 Å². The lowest BCUT2D eigenvalue weighted by atomic mass is 9.84. The molecule has 0 spiro atoms. The molecule has 2 aliphatic rings. The third kappa shape index (κ3) is 1.85. The molecule has 1 unspecified atom stereocenters. The van der Waals surface area contributed by atoms with E-state index in [0.29, 0.717) is 12.8 Å². The molecule has 1 N–H and O–H groups in total. The van der Waals surface area contributed by atoms with E-state index in [9.17, 15) is 22.8 Å². The molecule has 4 nitrogen and oxygen atoms in total. The van der Waals surface area contributed by atoms with Crippen molar-refractivity contribution in [2.24, 2.45) is 11.3 Å². The Morgan fingerprint density at radius 2 is 1.89 bits per heavy atom. The van der Waals surface area contributed by atoms with Crippen molar-refractivity contribution >= 4 is 11.9 Å². The third-order valence-electron chi connectivity index (χ3n) is 3.99. The van der Waals surface area contributed by atoms with Crippen LogP contribution in [0.2, 0.25) is 0 Å². The Kier molecular flexibility index (Phi) is 3.03. The van der Waals surface area contributed by atoms with Gasteiger partial charge in [-0.3, -0.25) is 9.59 Å². The summed E-state index contributed by atoms with van der Waals surface area (Å²) >= 11 is 0. The molecule has 0 aromatic rings. The fourth-order valence-corrected chi connectivity index (χ4v) is 2.44. The van der Waals surface area contributed by atoms with E-state index in [4.69, 9.17) is 5.11 Å². The Labute approximate surface area is 102 Å². The smallest absolute Gasteiger partial charge is 0.406 e. The van der Waals surface area contributed by atoms with Crippen LogP contribution >= 0.6 is 0 Å². The highest BCUT2D eigenvalue weighted by atomic mass is 19.4. The molecule has 0 radical (unpaired) electrons. The first-order chi connectivity index (χ1) is 8.28. The zero-order valence-corrected chi connectivity index (χ0v) is 9.66. The van der Waals surface area contributed by atoms with Crippen molar-refractivity contribution in [3.63, 3.8) is 0 Å². The highest BCUT2D eigenvalue weighted by molar-refractivity contribution is 5.83. The number of alkyl halides is 3. The van der Waals surface area contributed by atoms with E-state index in [-0.39, 0.29) is 18.4 Å². The van der Waals surface area contributed by atoms with Gasteiger partial charge in [0.1, 0.15) is 0 Å². The minimum atomic E-state index is -4.83. The highest BCUT2D eigenvalue weighted by Gasteiger charge is 2.64. The average Bonchev–Trinajstić information content (AvgIpc) is 2.58. The number of rotatable bonds is 2. The third-order valence-corrected chi connectivity index (χ3v) is 3.99. The van der Waals surface area contributed by atoms with Gasteiger partial charge in [0.15, 0.2) is 5.41 Å². The second-order valence-corrected chi connectivity index (χ2v) is 5.02. The Morgan fingerprint density at radius 1 is 1.28 bits per heavy atom. The van der Waals surface area contributed by atoms with Crippen LogP contribution in [0.15, 0.2) is 0 Å². The monoisotopic (exact) mass is 265 g/mol. The lowest BCUT2D eigenvalue weighted by Crippen LogP contribution is -2.48. The maximum atomic E-state index is 12.9. The normalized spacial score (nSPS) is 29.2. The molecule has 1 saturated heterocycles. The van der Waals surface area contributed by atoms with E-state index >= 15 is 0 Å². The predicted molar refractivity (Wildman–Crippen MR) is 54.7 cm³/mol. The summed E-state index contributed by atoms with van der Waals surface area (Å²) in [6.45, 7) is -0.873. The zero-order chi connectivity index (χ0) is 13.6. The van der Waals surface area contributed by atoms with Crippen molar-refractivity contribution in [2.75, 3.05) is 13.1 Å². The molecule has 1 amide bonds. The molecule has 1 saturated carbocycles. The Balaban J connectivity index is 2.13. The first-order valence-corrected chi connectivity index (χ1v) is 5.87. The van der Waals surface area contributed by atoms with Crippen molar-refractivity contribution in [1.29, 1.82) is 0 Å². The van der Waals surface area contributed by atoms with Gasteiger partial charge < -0.3 is 10.0 Å². The van der Waals surface area contributed by atoms with Gasteiger partial charge in [-0.15, -0.1) is 0 Å². The van der Waals surface area contributed by atoms with Crippen molar-refractivity contribution < 1.29 is 27.9 Å². The Morgan fingerprint density at radius 3 is 2.22 bits per heavy atom. The topological polar surface area (TPSA) is 57.6 Å². The molecule has 1 aliphatic carbocycles. The van der Waals surface area contributed by atoms with Crippen LogP contribution in [0.3, 0.4) is 0 Å². The molecule has 102 valence electrons. The highest BCUT2D eigenvalue weighted by Crippen LogP contribution is 2.46. The van der Waals surface area contributed by atoms with Gasteiger partial charge in [-0.05, 0) is 19.3 Å². The van der Waals surface area contributed by atoms with Gasteiger partial charge in [-0.1, -0.05) is 6.42 Å². The molecule has 0 bridgehead atoms. The van der Waals surface area contributed by atoms with Crippen molar-refractivity contribution in [2.45, 2.75) is 31.9 Å². The van der Waals surface area contributed by atoms with E-state index in [1.54, 1.807) is 0 Å². The summed E-state index contributed by atoms with van der Waals surface area (Å²) in [6.07, 6.45) is -3.08. The molecule has 2 rings (SSSR count). The first kappa shape index (κ1) is 13.2. The zero-order valence-electron chi connectivity index (χ0n) is 9.66. The van der Waals surface area contributed by atoms with Crippen molar-refractivity contribution in [3.05, 3.63) is 0 Å². The molecule has 18 heavy (non-hydrogen) atoms. The number of likely N-dealkylation sites (tertiary alicyclic amines) is 1. The summed E-state index contributed by atoms with van der Waals surface area (Å²) in [5, 5.41) is 8.85. The van der Waals surface area contributed by atoms with Crippen molar-refractivity contribution in [3.8, 4) is 0 Å². The summed E-state index contributed by atoms with van der Waals surface area (Å²) in [5.41, 5.74) is -2.79. The summed E-state index contributed by atoms with van der Waals surface area (Å²) in [7, 11) is 0. The molecule has 2 fully saturated rings. The van der Waals surface area contributed by atoms with Crippen LogP contribution in [0.5, 0.6) is 0 Å². The molecule has 1 aliphatic heterocycles. The minimum absolute atomic E-state index is 0.124. The summed E-state index contributed by atoms with van der Waals surface area (Å²) in [6, 6.07) is 0. The van der Waals surface area contributed by atoms with E-state index < -0.39 is 30.5 Å². The van der Waals surface area contributed by atoms with Gasteiger partial charge in [-0.25, -0.2) is 0 Å². The van der Waals surface area contributed by atoms with Gasteiger partial charge in [0, 0.05) is 19.0 Å². The number of carboxylic acids is 1. The summed E-state index contributed by atoms with van der Waals surface area (Å²) in [5.74, 6) is -2.42. The Bertz CT molecular complexity index is 378. The van der Waals surface area contributed by atoms with Crippen LogP contribution in [0.25, 0.3) is 0 Å². The van der Waals surface area contributed by atoms with Gasteiger partial charge in [-0.2, -0.15) is 13.2 Å².